The predicted octanol–water partition coefficient (Wildman–Crippen LogP) is 5.55. The Labute approximate surface area is 241 Å². The fourth-order valence-electron chi connectivity index (χ4n) is 4.68. The molecule has 4 aromatic rings. The van der Waals surface area contributed by atoms with Gasteiger partial charge in [-0.25, -0.2) is 0 Å². The van der Waals surface area contributed by atoms with E-state index in [0.717, 1.165) is 16.7 Å². The predicted molar refractivity (Wildman–Crippen MR) is 154 cm³/mol. The summed E-state index contributed by atoms with van der Waals surface area (Å²) < 4.78 is 36.7. The summed E-state index contributed by atoms with van der Waals surface area (Å²) in [4.78, 5) is 0. The summed E-state index contributed by atoms with van der Waals surface area (Å²) in [6, 6.07) is 36.8. The Kier molecular flexibility index (Phi) is 10.4. The van der Waals surface area contributed by atoms with Gasteiger partial charge in [0.25, 0.3) is 0 Å². The van der Waals surface area contributed by atoms with Gasteiger partial charge in [0, 0.05) is 0 Å². The molecule has 1 fully saturated rings. The van der Waals surface area contributed by atoms with Crippen molar-refractivity contribution >= 4 is 0 Å². The molecule has 1 aliphatic rings. The molecule has 7 nitrogen and oxygen atoms in total. The zero-order chi connectivity index (χ0) is 28.3. The Balaban J connectivity index is 1.37. The van der Waals surface area contributed by atoms with Crippen LogP contribution in [0.15, 0.2) is 115 Å². The summed E-state index contributed by atoms with van der Waals surface area (Å²) in [6.07, 6.45) is -4.09. The minimum absolute atomic E-state index is 0.148. The maximum atomic E-state index is 11.5. The lowest BCUT2D eigenvalue weighted by Crippen LogP contribution is -2.61. The minimum Gasteiger partial charge on any atom is -0.497 e. The lowest BCUT2D eigenvalue weighted by Gasteiger charge is -2.44. The van der Waals surface area contributed by atoms with Gasteiger partial charge in [0.1, 0.15) is 35.9 Å². The number of hydrogen-bond donors (Lipinski definition) is 1. The number of rotatable bonds is 13. The van der Waals surface area contributed by atoms with E-state index in [1.54, 1.807) is 7.11 Å². The van der Waals surface area contributed by atoms with Crippen LogP contribution in [-0.4, -0.2) is 49.5 Å². The van der Waals surface area contributed by atoms with Crippen LogP contribution >= 0.6 is 0 Å². The second-order valence-corrected chi connectivity index (χ2v) is 9.85. The number of methoxy groups -OCH3 is 1. The lowest BCUT2D eigenvalue weighted by atomic mass is 9.98. The van der Waals surface area contributed by atoms with E-state index in [2.05, 4.69) is 0 Å². The molecule has 0 amide bonds. The Morgan fingerprint density at radius 3 is 1.63 bits per heavy atom. The highest BCUT2D eigenvalue weighted by Crippen LogP contribution is 2.31. The third kappa shape index (κ3) is 8.16. The van der Waals surface area contributed by atoms with Gasteiger partial charge in [0.15, 0.2) is 0 Å². The van der Waals surface area contributed by atoms with Crippen molar-refractivity contribution in [2.24, 2.45) is 0 Å². The van der Waals surface area contributed by atoms with Gasteiger partial charge in [0.2, 0.25) is 6.29 Å². The average molecular weight is 557 g/mol. The van der Waals surface area contributed by atoms with Crippen LogP contribution in [0.25, 0.3) is 0 Å². The van der Waals surface area contributed by atoms with E-state index in [9.17, 15) is 5.11 Å². The zero-order valence-corrected chi connectivity index (χ0v) is 23.1. The molecule has 1 aliphatic heterocycles. The largest absolute Gasteiger partial charge is 0.497 e. The second kappa shape index (κ2) is 14.8. The summed E-state index contributed by atoms with van der Waals surface area (Å²) in [7, 11) is 1.61. The van der Waals surface area contributed by atoms with Gasteiger partial charge in [-0.2, -0.15) is 0 Å². The molecule has 0 spiro atoms. The van der Waals surface area contributed by atoms with Crippen LogP contribution in [0.5, 0.6) is 11.5 Å². The quantitative estimate of drug-likeness (QED) is 0.232. The maximum Gasteiger partial charge on any atom is 0.229 e. The van der Waals surface area contributed by atoms with Crippen LogP contribution in [0.1, 0.15) is 16.7 Å². The highest BCUT2D eigenvalue weighted by molar-refractivity contribution is 5.31. The van der Waals surface area contributed by atoms with Crippen molar-refractivity contribution in [3.8, 4) is 11.5 Å². The van der Waals surface area contributed by atoms with Crippen molar-refractivity contribution in [2.75, 3.05) is 13.7 Å². The van der Waals surface area contributed by atoms with Crippen LogP contribution in [0, 0.1) is 0 Å². The summed E-state index contributed by atoms with van der Waals surface area (Å²) in [6.45, 7) is 1.13. The molecule has 0 unspecified atom stereocenters. The fraction of sp³-hybridized carbons (Fsp3) is 0.294. The summed E-state index contributed by atoms with van der Waals surface area (Å²) >= 11 is 0. The van der Waals surface area contributed by atoms with Gasteiger partial charge >= 0.3 is 0 Å². The maximum absolute atomic E-state index is 11.5. The SMILES string of the molecule is COc1ccc(O[C@@H]2O[C@H](COCc3ccccc3)[C@H](O)[C@H](OCc3ccccc3)[C@H]2OCc2ccccc2)cc1. The standard InChI is InChI=1S/C34H36O7/c1-36-28-17-19-29(20-18-28)40-34-33(39-23-27-15-9-4-10-16-27)32(38-22-26-13-7-3-8-14-26)31(35)30(41-34)24-37-21-25-11-5-2-6-12-25/h2-20,30-35H,21-24H2,1H3/t30-,31+,32+,33-,34-/m1/s1. The average Bonchev–Trinajstić information content (AvgIpc) is 3.03. The molecule has 1 saturated heterocycles. The molecule has 7 heteroatoms. The molecule has 1 N–H and O–H groups in total. The topological polar surface area (TPSA) is 75.6 Å². The Morgan fingerprint density at radius 1 is 0.610 bits per heavy atom. The first-order chi connectivity index (χ1) is 20.2. The smallest absolute Gasteiger partial charge is 0.229 e. The number of ether oxygens (including phenoxy) is 6. The Bertz CT molecular complexity index is 1290. The van der Waals surface area contributed by atoms with Crippen molar-refractivity contribution in [2.45, 2.75) is 50.5 Å². The molecule has 0 aromatic heterocycles. The first-order valence-electron chi connectivity index (χ1n) is 13.8. The molecule has 214 valence electrons. The van der Waals surface area contributed by atoms with E-state index < -0.39 is 30.7 Å². The van der Waals surface area contributed by atoms with Gasteiger partial charge in [-0.05, 0) is 41.0 Å². The van der Waals surface area contributed by atoms with Crippen LogP contribution in [0.4, 0.5) is 0 Å². The zero-order valence-electron chi connectivity index (χ0n) is 23.1. The Morgan fingerprint density at radius 2 is 1.10 bits per heavy atom. The lowest BCUT2D eigenvalue weighted by molar-refractivity contribution is -0.301. The Hall–Kier alpha value is -3.72. The molecule has 0 saturated carbocycles. The summed E-state index contributed by atoms with van der Waals surface area (Å²) in [5.41, 5.74) is 3.00. The second-order valence-electron chi connectivity index (χ2n) is 9.85. The van der Waals surface area contributed by atoms with Crippen LogP contribution in [0.2, 0.25) is 0 Å². The van der Waals surface area contributed by atoms with Crippen molar-refractivity contribution < 1.29 is 33.5 Å². The summed E-state index contributed by atoms with van der Waals surface area (Å²) in [5.74, 6) is 1.29. The van der Waals surface area contributed by atoms with Gasteiger partial charge in [-0.1, -0.05) is 91.0 Å². The molecule has 5 rings (SSSR count). The number of hydrogen-bond acceptors (Lipinski definition) is 7. The van der Waals surface area contributed by atoms with Gasteiger partial charge in [-0.3, -0.25) is 0 Å². The highest BCUT2D eigenvalue weighted by atomic mass is 16.7. The third-order valence-corrected chi connectivity index (χ3v) is 6.89. The van der Waals surface area contributed by atoms with E-state index in [0.29, 0.717) is 31.3 Å². The van der Waals surface area contributed by atoms with Crippen LogP contribution in [-0.2, 0) is 38.8 Å². The van der Waals surface area contributed by atoms with Gasteiger partial charge in [0.05, 0.1) is 33.5 Å². The molecule has 0 radical (unpaired) electrons. The molecule has 41 heavy (non-hydrogen) atoms. The van der Waals surface area contributed by atoms with Crippen molar-refractivity contribution in [1.82, 2.24) is 0 Å². The number of aliphatic hydroxyl groups excluding tert-OH is 1. The van der Waals surface area contributed by atoms with Crippen LogP contribution < -0.4 is 9.47 Å². The first kappa shape index (κ1) is 28.8. The van der Waals surface area contributed by atoms with Crippen molar-refractivity contribution in [3.63, 3.8) is 0 Å². The monoisotopic (exact) mass is 556 g/mol. The molecular formula is C34H36O7. The molecule has 1 heterocycles. The molecular weight excluding hydrogens is 520 g/mol. The molecule has 0 aliphatic carbocycles. The van der Waals surface area contributed by atoms with E-state index in [1.165, 1.54) is 0 Å². The van der Waals surface area contributed by atoms with E-state index in [-0.39, 0.29) is 6.61 Å². The summed E-state index contributed by atoms with van der Waals surface area (Å²) in [5, 5.41) is 11.5. The van der Waals surface area contributed by atoms with Gasteiger partial charge < -0.3 is 33.5 Å². The van der Waals surface area contributed by atoms with Crippen molar-refractivity contribution in [3.05, 3.63) is 132 Å². The van der Waals surface area contributed by atoms with E-state index >= 15 is 0 Å². The normalized spacial score (nSPS) is 22.2. The minimum atomic E-state index is -1.02. The molecule has 4 aromatic carbocycles. The molecule has 5 atom stereocenters. The van der Waals surface area contributed by atoms with Crippen molar-refractivity contribution in [1.29, 1.82) is 0 Å². The fourth-order valence-corrected chi connectivity index (χ4v) is 4.68. The highest BCUT2D eigenvalue weighted by Gasteiger charge is 2.48. The van der Waals surface area contributed by atoms with E-state index in [4.69, 9.17) is 28.4 Å². The number of aliphatic hydroxyl groups is 1. The van der Waals surface area contributed by atoms with Crippen LogP contribution in [0.3, 0.4) is 0 Å². The molecule has 0 bridgehead atoms. The first-order valence-corrected chi connectivity index (χ1v) is 13.8. The van der Waals surface area contributed by atoms with E-state index in [1.807, 2.05) is 115 Å². The van der Waals surface area contributed by atoms with Gasteiger partial charge in [-0.15, -0.1) is 0 Å². The third-order valence-electron chi connectivity index (χ3n) is 6.89. The number of benzene rings is 4.